The summed E-state index contributed by atoms with van der Waals surface area (Å²) in [4.78, 5) is 10.6. The molecule has 118 valence electrons. The summed E-state index contributed by atoms with van der Waals surface area (Å²) in [5, 5.41) is 2.50. The van der Waals surface area contributed by atoms with Gasteiger partial charge in [-0.1, -0.05) is 0 Å². The number of sulfonamides is 1. The lowest BCUT2D eigenvalue weighted by molar-refractivity contribution is -0.121. The van der Waals surface area contributed by atoms with E-state index in [9.17, 15) is 22.0 Å². The van der Waals surface area contributed by atoms with Crippen LogP contribution in [0.1, 0.15) is 13.8 Å². The van der Waals surface area contributed by atoms with Crippen LogP contribution in [0.5, 0.6) is 0 Å². The van der Waals surface area contributed by atoms with Gasteiger partial charge in [-0.15, -0.1) is 0 Å². The zero-order valence-corrected chi connectivity index (χ0v) is 12.7. The second-order valence-electron chi connectivity index (χ2n) is 4.80. The van der Waals surface area contributed by atoms with Crippen LogP contribution in [0.15, 0.2) is 17.0 Å². The number of nitrogens with two attached hydrogens (primary N) is 1. The predicted octanol–water partition coefficient (Wildman–Crippen LogP) is 0.692. The molecule has 0 spiro atoms. The van der Waals surface area contributed by atoms with E-state index in [-0.39, 0.29) is 11.7 Å². The smallest absolute Gasteiger partial charge is 0.246 e. The summed E-state index contributed by atoms with van der Waals surface area (Å²) in [7, 11) is -3.27. The van der Waals surface area contributed by atoms with E-state index < -0.39 is 39.0 Å². The van der Waals surface area contributed by atoms with Crippen molar-refractivity contribution < 1.29 is 22.0 Å². The maximum absolute atomic E-state index is 13.6. The van der Waals surface area contributed by atoms with Crippen molar-refractivity contribution in [3.63, 3.8) is 0 Å². The van der Waals surface area contributed by atoms with E-state index in [1.807, 2.05) is 0 Å². The highest BCUT2D eigenvalue weighted by atomic mass is 32.2. The molecule has 0 heterocycles. The number of nitrogens with zero attached hydrogens (tertiary/aromatic N) is 1. The van der Waals surface area contributed by atoms with Gasteiger partial charge in [-0.2, -0.15) is 4.31 Å². The van der Waals surface area contributed by atoms with E-state index >= 15 is 0 Å². The number of carbonyl (C=O) groups excluding carboxylic acids is 1. The average molecular weight is 321 g/mol. The molecule has 0 aliphatic carbocycles. The quantitative estimate of drug-likeness (QED) is 0.781. The Morgan fingerprint density at radius 3 is 2.48 bits per heavy atom. The van der Waals surface area contributed by atoms with Crippen LogP contribution in [-0.2, 0) is 14.8 Å². The summed E-state index contributed by atoms with van der Waals surface area (Å²) in [6.07, 6.45) is 0. The molecule has 0 saturated carbocycles. The molecule has 1 aromatic carbocycles. The van der Waals surface area contributed by atoms with Gasteiger partial charge >= 0.3 is 0 Å². The van der Waals surface area contributed by atoms with Crippen molar-refractivity contribution in [2.45, 2.75) is 24.8 Å². The second kappa shape index (κ2) is 6.35. The average Bonchev–Trinajstić information content (AvgIpc) is 2.32. The number of benzene rings is 1. The van der Waals surface area contributed by atoms with E-state index in [2.05, 4.69) is 5.32 Å². The maximum Gasteiger partial charge on any atom is 0.246 e. The molecule has 0 radical (unpaired) electrons. The summed E-state index contributed by atoms with van der Waals surface area (Å²) >= 11 is 0. The van der Waals surface area contributed by atoms with Crippen LogP contribution in [0.2, 0.25) is 0 Å². The Morgan fingerprint density at radius 2 is 1.95 bits per heavy atom. The zero-order chi connectivity index (χ0) is 16.4. The van der Waals surface area contributed by atoms with Crippen LogP contribution in [0.25, 0.3) is 0 Å². The van der Waals surface area contributed by atoms with E-state index in [1.165, 1.54) is 0 Å². The van der Waals surface area contributed by atoms with Crippen LogP contribution in [0.4, 0.5) is 14.5 Å². The summed E-state index contributed by atoms with van der Waals surface area (Å²) < 4.78 is 51.9. The van der Waals surface area contributed by atoms with Gasteiger partial charge in [0.1, 0.15) is 4.90 Å². The van der Waals surface area contributed by atoms with E-state index in [0.717, 1.165) is 13.1 Å². The topological polar surface area (TPSA) is 92.5 Å². The first-order valence-corrected chi connectivity index (χ1v) is 7.50. The minimum Gasteiger partial charge on any atom is -0.399 e. The third kappa shape index (κ3) is 4.11. The van der Waals surface area contributed by atoms with E-state index in [0.29, 0.717) is 10.4 Å². The summed E-state index contributed by atoms with van der Waals surface area (Å²) in [5.74, 6) is -3.45. The second-order valence-corrected chi connectivity index (χ2v) is 6.81. The molecule has 6 nitrogen and oxygen atoms in total. The molecule has 0 fully saturated rings. The van der Waals surface area contributed by atoms with Crippen LogP contribution >= 0.6 is 0 Å². The molecule has 0 unspecified atom stereocenters. The first-order valence-electron chi connectivity index (χ1n) is 6.06. The van der Waals surface area contributed by atoms with Crippen molar-refractivity contribution in [3.05, 3.63) is 23.8 Å². The molecule has 0 atom stereocenters. The number of likely N-dealkylation sites (N-methyl/N-ethyl adjacent to an activating group) is 1. The van der Waals surface area contributed by atoms with Crippen molar-refractivity contribution in [1.82, 2.24) is 9.62 Å². The Hall–Kier alpha value is -1.74. The number of hydrogen-bond acceptors (Lipinski definition) is 4. The van der Waals surface area contributed by atoms with Crippen molar-refractivity contribution in [2.24, 2.45) is 0 Å². The Bertz CT molecular complexity index is 647. The van der Waals surface area contributed by atoms with Gasteiger partial charge in [0.15, 0.2) is 11.6 Å². The van der Waals surface area contributed by atoms with Gasteiger partial charge in [-0.25, -0.2) is 17.2 Å². The highest BCUT2D eigenvalue weighted by Crippen LogP contribution is 2.23. The Balaban J connectivity index is 3.09. The number of hydrogen-bond donors (Lipinski definition) is 2. The van der Waals surface area contributed by atoms with E-state index in [1.54, 1.807) is 13.8 Å². The number of amides is 1. The normalized spacial score (nSPS) is 12.0. The van der Waals surface area contributed by atoms with Crippen LogP contribution in [-0.4, -0.2) is 38.3 Å². The molecule has 9 heteroatoms. The monoisotopic (exact) mass is 321 g/mol. The number of nitrogen functional groups attached to an aromatic ring is 1. The molecule has 0 aliphatic heterocycles. The van der Waals surface area contributed by atoms with Crippen molar-refractivity contribution >= 4 is 21.6 Å². The van der Waals surface area contributed by atoms with Gasteiger partial charge in [-0.05, 0) is 26.0 Å². The molecule has 1 aromatic rings. The lowest BCUT2D eigenvalue weighted by Crippen LogP contribution is -2.41. The van der Waals surface area contributed by atoms with Gasteiger partial charge < -0.3 is 11.1 Å². The molecule has 0 aromatic heterocycles. The van der Waals surface area contributed by atoms with Gasteiger partial charge in [0.2, 0.25) is 15.9 Å². The molecule has 3 N–H and O–H groups in total. The molecule has 0 saturated heterocycles. The maximum atomic E-state index is 13.6. The lowest BCUT2D eigenvalue weighted by Gasteiger charge is -2.18. The molecule has 0 bridgehead atoms. The predicted molar refractivity (Wildman–Crippen MR) is 73.9 cm³/mol. The van der Waals surface area contributed by atoms with Crippen molar-refractivity contribution in [3.8, 4) is 0 Å². The Labute approximate surface area is 122 Å². The number of nitrogens with one attached hydrogen (secondary N) is 1. The van der Waals surface area contributed by atoms with E-state index in [4.69, 9.17) is 5.73 Å². The van der Waals surface area contributed by atoms with Gasteiger partial charge in [-0.3, -0.25) is 4.79 Å². The summed E-state index contributed by atoms with van der Waals surface area (Å²) in [6, 6.07) is 1.32. The molecule has 1 rings (SSSR count). The largest absolute Gasteiger partial charge is 0.399 e. The Kier molecular flexibility index (Phi) is 5.24. The third-order valence-corrected chi connectivity index (χ3v) is 4.32. The van der Waals surface area contributed by atoms with Crippen LogP contribution in [0, 0.1) is 11.6 Å². The fourth-order valence-corrected chi connectivity index (χ4v) is 2.83. The minimum absolute atomic E-state index is 0.171. The lowest BCUT2D eigenvalue weighted by atomic mass is 10.3. The van der Waals surface area contributed by atoms with Crippen LogP contribution in [0.3, 0.4) is 0 Å². The highest BCUT2D eigenvalue weighted by Gasteiger charge is 2.28. The third-order valence-electron chi connectivity index (χ3n) is 2.52. The van der Waals surface area contributed by atoms with Gasteiger partial charge in [0, 0.05) is 18.8 Å². The summed E-state index contributed by atoms with van der Waals surface area (Å²) in [6.45, 7) is 2.90. The first kappa shape index (κ1) is 17.3. The van der Waals surface area contributed by atoms with Gasteiger partial charge in [0.25, 0.3) is 0 Å². The summed E-state index contributed by atoms with van der Waals surface area (Å²) in [5.41, 5.74) is 5.09. The fraction of sp³-hybridized carbons (Fsp3) is 0.417. The molecule has 21 heavy (non-hydrogen) atoms. The zero-order valence-electron chi connectivity index (χ0n) is 11.9. The van der Waals surface area contributed by atoms with Crippen LogP contribution < -0.4 is 11.1 Å². The highest BCUT2D eigenvalue weighted by molar-refractivity contribution is 7.89. The standard InChI is InChI=1S/C12H17F2N3O3S/c1-7(2)16-11(18)6-17(3)21(19,20)10-5-8(15)4-9(13)12(10)14/h4-5,7H,6,15H2,1-3H3,(H,16,18). The SMILES string of the molecule is CC(C)NC(=O)CN(C)S(=O)(=O)c1cc(N)cc(F)c1F. The molecular formula is C12H17F2N3O3S. The fourth-order valence-electron chi connectivity index (χ4n) is 1.59. The number of rotatable bonds is 5. The Morgan fingerprint density at radius 1 is 1.38 bits per heavy atom. The molecule has 1 amide bonds. The first-order chi connectivity index (χ1) is 9.55. The van der Waals surface area contributed by atoms with Gasteiger partial charge in [0.05, 0.1) is 6.54 Å². The van der Waals surface area contributed by atoms with Crippen molar-refractivity contribution in [2.75, 3.05) is 19.3 Å². The molecule has 0 aliphatic rings. The molecular weight excluding hydrogens is 304 g/mol. The minimum atomic E-state index is -4.37. The number of carbonyl (C=O) groups is 1. The van der Waals surface area contributed by atoms with Crippen molar-refractivity contribution in [1.29, 1.82) is 0 Å². The number of halogens is 2. The number of anilines is 1.